The Morgan fingerprint density at radius 1 is 1.18 bits per heavy atom. The van der Waals surface area contributed by atoms with Gasteiger partial charge in [0, 0.05) is 36.6 Å². The van der Waals surface area contributed by atoms with Crippen molar-refractivity contribution in [2.75, 3.05) is 26.1 Å². The fraction of sp³-hybridized carbons (Fsp3) is 0.250. The van der Waals surface area contributed by atoms with Crippen molar-refractivity contribution in [2.24, 2.45) is 10.7 Å². The van der Waals surface area contributed by atoms with Gasteiger partial charge in [-0.15, -0.1) is 0 Å². The van der Waals surface area contributed by atoms with E-state index in [1.54, 1.807) is 26.5 Å². The molecule has 1 aromatic heterocycles. The SMILES string of the molecule is COc1ccc(NC(N)=NCCc2ccccn2)cc1OC. The molecule has 116 valence electrons. The third kappa shape index (κ3) is 4.37. The van der Waals surface area contributed by atoms with E-state index in [0.717, 1.165) is 17.8 Å². The summed E-state index contributed by atoms with van der Waals surface area (Å²) >= 11 is 0. The second kappa shape index (κ2) is 7.87. The molecule has 0 saturated heterocycles. The number of hydrogen-bond donors (Lipinski definition) is 2. The Kier molecular flexibility index (Phi) is 5.59. The summed E-state index contributed by atoms with van der Waals surface area (Å²) in [5.74, 6) is 1.65. The molecule has 0 spiro atoms. The lowest BCUT2D eigenvalue weighted by Crippen LogP contribution is -2.23. The number of pyridine rings is 1. The normalized spacial score (nSPS) is 11.1. The Bertz CT molecular complexity index is 629. The number of guanidine groups is 1. The van der Waals surface area contributed by atoms with Crippen molar-refractivity contribution in [3.8, 4) is 11.5 Å². The van der Waals surface area contributed by atoms with Gasteiger partial charge in [0.1, 0.15) is 0 Å². The van der Waals surface area contributed by atoms with E-state index in [4.69, 9.17) is 15.2 Å². The van der Waals surface area contributed by atoms with Crippen molar-refractivity contribution >= 4 is 11.6 Å². The highest BCUT2D eigenvalue weighted by molar-refractivity contribution is 5.92. The molecule has 0 aliphatic rings. The monoisotopic (exact) mass is 300 g/mol. The highest BCUT2D eigenvalue weighted by atomic mass is 16.5. The molecule has 3 N–H and O–H groups in total. The predicted octanol–water partition coefficient (Wildman–Crippen LogP) is 2.07. The predicted molar refractivity (Wildman–Crippen MR) is 87.6 cm³/mol. The molecule has 2 rings (SSSR count). The zero-order chi connectivity index (χ0) is 15.8. The lowest BCUT2D eigenvalue weighted by atomic mass is 10.2. The van der Waals surface area contributed by atoms with Crippen LogP contribution in [-0.4, -0.2) is 31.7 Å². The summed E-state index contributed by atoms with van der Waals surface area (Å²) in [5, 5.41) is 3.03. The third-order valence-corrected chi connectivity index (χ3v) is 3.03. The summed E-state index contributed by atoms with van der Waals surface area (Å²) in [6, 6.07) is 11.3. The maximum absolute atomic E-state index is 5.88. The number of benzene rings is 1. The Balaban J connectivity index is 1.93. The summed E-state index contributed by atoms with van der Waals surface area (Å²) in [5.41, 5.74) is 7.66. The topological polar surface area (TPSA) is 81.8 Å². The molecule has 0 saturated carbocycles. The van der Waals surface area contributed by atoms with Crippen LogP contribution in [0.4, 0.5) is 5.69 Å². The van der Waals surface area contributed by atoms with Crippen LogP contribution < -0.4 is 20.5 Å². The number of nitrogens with zero attached hydrogens (tertiary/aromatic N) is 2. The molecule has 0 aliphatic carbocycles. The van der Waals surface area contributed by atoms with E-state index in [0.29, 0.717) is 24.0 Å². The number of anilines is 1. The molecule has 0 fully saturated rings. The highest BCUT2D eigenvalue weighted by Gasteiger charge is 2.05. The fourth-order valence-corrected chi connectivity index (χ4v) is 1.94. The van der Waals surface area contributed by atoms with E-state index in [1.165, 1.54) is 0 Å². The van der Waals surface area contributed by atoms with Crippen LogP contribution in [0.25, 0.3) is 0 Å². The van der Waals surface area contributed by atoms with Gasteiger partial charge in [0.15, 0.2) is 17.5 Å². The smallest absolute Gasteiger partial charge is 0.193 e. The largest absolute Gasteiger partial charge is 0.493 e. The van der Waals surface area contributed by atoms with E-state index < -0.39 is 0 Å². The molecular weight excluding hydrogens is 280 g/mol. The number of ether oxygens (including phenoxy) is 2. The molecule has 2 aromatic rings. The van der Waals surface area contributed by atoms with Gasteiger partial charge in [-0.3, -0.25) is 9.98 Å². The second-order valence-corrected chi connectivity index (χ2v) is 4.53. The first-order chi connectivity index (χ1) is 10.7. The molecule has 0 atom stereocenters. The van der Waals surface area contributed by atoms with Crippen LogP contribution in [0.2, 0.25) is 0 Å². The van der Waals surface area contributed by atoms with Crippen molar-refractivity contribution in [1.82, 2.24) is 4.98 Å². The van der Waals surface area contributed by atoms with Gasteiger partial charge < -0.3 is 20.5 Å². The van der Waals surface area contributed by atoms with Crippen molar-refractivity contribution in [3.63, 3.8) is 0 Å². The first-order valence-electron chi connectivity index (χ1n) is 6.92. The highest BCUT2D eigenvalue weighted by Crippen LogP contribution is 2.29. The van der Waals surface area contributed by atoms with Gasteiger partial charge in [-0.25, -0.2) is 0 Å². The standard InChI is InChI=1S/C16H20N4O2/c1-21-14-7-6-13(11-15(14)22-2)20-16(17)19-10-8-12-5-3-4-9-18-12/h3-7,9,11H,8,10H2,1-2H3,(H3,17,19,20). The van der Waals surface area contributed by atoms with Crippen LogP contribution in [0, 0.1) is 0 Å². The van der Waals surface area contributed by atoms with Crippen molar-refractivity contribution in [1.29, 1.82) is 0 Å². The van der Waals surface area contributed by atoms with E-state index in [9.17, 15) is 0 Å². The van der Waals surface area contributed by atoms with Gasteiger partial charge in [0.25, 0.3) is 0 Å². The molecule has 6 heteroatoms. The number of nitrogens with one attached hydrogen (secondary N) is 1. The van der Waals surface area contributed by atoms with Gasteiger partial charge >= 0.3 is 0 Å². The summed E-state index contributed by atoms with van der Waals surface area (Å²) in [6.07, 6.45) is 2.51. The minimum atomic E-state index is 0.350. The average Bonchev–Trinajstić information content (AvgIpc) is 2.55. The van der Waals surface area contributed by atoms with Gasteiger partial charge in [-0.1, -0.05) is 6.07 Å². The van der Waals surface area contributed by atoms with E-state index in [2.05, 4.69) is 15.3 Å². The summed E-state index contributed by atoms with van der Waals surface area (Å²) in [4.78, 5) is 8.52. The molecule has 0 unspecified atom stereocenters. The molecule has 0 bridgehead atoms. The lowest BCUT2D eigenvalue weighted by Gasteiger charge is -2.10. The first-order valence-corrected chi connectivity index (χ1v) is 6.92. The van der Waals surface area contributed by atoms with Crippen LogP contribution in [0.1, 0.15) is 5.69 Å². The number of methoxy groups -OCH3 is 2. The summed E-state index contributed by atoms with van der Waals surface area (Å²) in [6.45, 7) is 0.573. The van der Waals surface area contributed by atoms with E-state index in [-0.39, 0.29) is 0 Å². The molecule has 22 heavy (non-hydrogen) atoms. The average molecular weight is 300 g/mol. The zero-order valence-corrected chi connectivity index (χ0v) is 12.7. The Hall–Kier alpha value is -2.76. The van der Waals surface area contributed by atoms with Crippen LogP contribution in [0.5, 0.6) is 11.5 Å². The second-order valence-electron chi connectivity index (χ2n) is 4.53. The molecule has 6 nitrogen and oxygen atoms in total. The zero-order valence-electron chi connectivity index (χ0n) is 12.7. The Labute approximate surface area is 130 Å². The number of rotatable bonds is 6. The summed E-state index contributed by atoms with van der Waals surface area (Å²) < 4.78 is 10.4. The van der Waals surface area contributed by atoms with Crippen LogP contribution in [-0.2, 0) is 6.42 Å². The van der Waals surface area contributed by atoms with Crippen molar-refractivity contribution < 1.29 is 9.47 Å². The molecule has 0 radical (unpaired) electrons. The Morgan fingerprint density at radius 3 is 2.68 bits per heavy atom. The van der Waals surface area contributed by atoms with Crippen LogP contribution in [0.15, 0.2) is 47.6 Å². The van der Waals surface area contributed by atoms with Crippen LogP contribution >= 0.6 is 0 Å². The fourth-order valence-electron chi connectivity index (χ4n) is 1.94. The molecule has 1 aromatic carbocycles. The van der Waals surface area contributed by atoms with E-state index >= 15 is 0 Å². The number of aliphatic imine (C=N–C) groups is 1. The lowest BCUT2D eigenvalue weighted by molar-refractivity contribution is 0.355. The van der Waals surface area contributed by atoms with Gasteiger partial charge in [-0.2, -0.15) is 0 Å². The molecule has 0 amide bonds. The molecule has 1 heterocycles. The number of nitrogens with two attached hydrogens (primary N) is 1. The number of aromatic nitrogens is 1. The quantitative estimate of drug-likeness (QED) is 0.630. The maximum atomic E-state index is 5.88. The van der Waals surface area contributed by atoms with Crippen LogP contribution in [0.3, 0.4) is 0 Å². The van der Waals surface area contributed by atoms with Gasteiger partial charge in [0.05, 0.1) is 14.2 Å². The van der Waals surface area contributed by atoms with Crippen molar-refractivity contribution in [3.05, 3.63) is 48.3 Å². The molecular formula is C16H20N4O2. The number of hydrogen-bond acceptors (Lipinski definition) is 4. The Morgan fingerprint density at radius 2 is 2.00 bits per heavy atom. The first kappa shape index (κ1) is 15.6. The third-order valence-electron chi connectivity index (χ3n) is 3.03. The summed E-state index contributed by atoms with van der Waals surface area (Å²) in [7, 11) is 3.18. The van der Waals surface area contributed by atoms with E-state index in [1.807, 2.05) is 30.3 Å². The van der Waals surface area contributed by atoms with Gasteiger partial charge in [0.2, 0.25) is 0 Å². The minimum absolute atomic E-state index is 0.350. The van der Waals surface area contributed by atoms with Gasteiger partial charge in [-0.05, 0) is 24.3 Å². The minimum Gasteiger partial charge on any atom is -0.493 e. The maximum Gasteiger partial charge on any atom is 0.193 e. The molecule has 0 aliphatic heterocycles. The van der Waals surface area contributed by atoms with Crippen molar-refractivity contribution in [2.45, 2.75) is 6.42 Å².